The van der Waals surface area contributed by atoms with E-state index < -0.39 is 0 Å². The third kappa shape index (κ3) is 3.28. The molecule has 0 saturated carbocycles. The Morgan fingerprint density at radius 1 is 1.09 bits per heavy atom. The highest BCUT2D eigenvalue weighted by Gasteiger charge is 2.19. The molecule has 3 N–H and O–H groups in total. The summed E-state index contributed by atoms with van der Waals surface area (Å²) < 4.78 is 0. The van der Waals surface area contributed by atoms with Gasteiger partial charge in [-0.05, 0) is 12.6 Å². The molecule has 6 heteroatoms. The summed E-state index contributed by atoms with van der Waals surface area (Å²) in [6.45, 7) is 4.63. The fraction of sp³-hybridized carbons (Fsp3) is 0.375. The molecule has 0 unspecified atom stereocenters. The molecule has 0 aliphatic carbocycles. The second-order valence-electron chi connectivity index (χ2n) is 5.59. The van der Waals surface area contributed by atoms with Crippen molar-refractivity contribution in [2.75, 3.05) is 49.2 Å². The quantitative estimate of drug-likeness (QED) is 0.890. The van der Waals surface area contributed by atoms with Crippen LogP contribution in [0.2, 0.25) is 0 Å². The van der Waals surface area contributed by atoms with Gasteiger partial charge in [-0.15, -0.1) is 0 Å². The average Bonchev–Trinajstić information content (AvgIpc) is 2.56. The molecular weight excluding hydrogens is 276 g/mol. The maximum absolute atomic E-state index is 6.27. The lowest BCUT2D eigenvalue weighted by Gasteiger charge is -2.33. The first-order valence-electron chi connectivity index (χ1n) is 7.56. The highest BCUT2D eigenvalue weighted by Crippen LogP contribution is 2.27. The van der Waals surface area contributed by atoms with Crippen LogP contribution < -0.4 is 16.0 Å². The number of anilines is 3. The zero-order chi connectivity index (χ0) is 15.4. The highest BCUT2D eigenvalue weighted by atomic mass is 15.3. The molecule has 2 aromatic rings. The van der Waals surface area contributed by atoms with Crippen LogP contribution in [0, 0.1) is 0 Å². The number of hydrogen-bond donors (Lipinski definition) is 2. The lowest BCUT2D eigenvalue weighted by Crippen LogP contribution is -2.45. The van der Waals surface area contributed by atoms with E-state index in [1.165, 1.54) is 5.56 Å². The third-order valence-corrected chi connectivity index (χ3v) is 3.97. The summed E-state index contributed by atoms with van der Waals surface area (Å²) in [6.07, 6.45) is 1.58. The Labute approximate surface area is 131 Å². The van der Waals surface area contributed by atoms with Crippen molar-refractivity contribution < 1.29 is 0 Å². The minimum atomic E-state index is 0.628. The zero-order valence-corrected chi connectivity index (χ0v) is 12.9. The molecule has 2 heterocycles. The van der Waals surface area contributed by atoms with E-state index in [1.807, 2.05) is 18.2 Å². The van der Waals surface area contributed by atoms with E-state index in [0.717, 1.165) is 32.0 Å². The van der Waals surface area contributed by atoms with Gasteiger partial charge in [0.2, 0.25) is 0 Å². The molecule has 0 atom stereocenters. The molecule has 22 heavy (non-hydrogen) atoms. The lowest BCUT2D eigenvalue weighted by molar-refractivity contribution is 0.312. The molecule has 0 amide bonds. The predicted molar refractivity (Wildman–Crippen MR) is 89.9 cm³/mol. The average molecular weight is 298 g/mol. The van der Waals surface area contributed by atoms with Crippen LogP contribution in [0.5, 0.6) is 0 Å². The Balaban J connectivity index is 1.71. The summed E-state index contributed by atoms with van der Waals surface area (Å²) in [7, 11) is 2.13. The number of aromatic nitrogens is 2. The van der Waals surface area contributed by atoms with Crippen LogP contribution in [0.3, 0.4) is 0 Å². The van der Waals surface area contributed by atoms with Crippen molar-refractivity contribution in [2.45, 2.75) is 6.54 Å². The first-order valence-corrected chi connectivity index (χ1v) is 7.56. The Morgan fingerprint density at radius 3 is 2.55 bits per heavy atom. The zero-order valence-electron chi connectivity index (χ0n) is 12.9. The maximum atomic E-state index is 6.27. The fourth-order valence-corrected chi connectivity index (χ4v) is 2.58. The molecule has 3 rings (SSSR count). The van der Waals surface area contributed by atoms with Crippen LogP contribution in [-0.2, 0) is 6.54 Å². The van der Waals surface area contributed by atoms with E-state index in [9.17, 15) is 0 Å². The molecular formula is C16H22N6. The van der Waals surface area contributed by atoms with Crippen LogP contribution in [0.4, 0.5) is 17.3 Å². The summed E-state index contributed by atoms with van der Waals surface area (Å²) >= 11 is 0. The van der Waals surface area contributed by atoms with Crippen molar-refractivity contribution in [1.82, 2.24) is 14.9 Å². The van der Waals surface area contributed by atoms with Gasteiger partial charge in [0.25, 0.3) is 0 Å². The lowest BCUT2D eigenvalue weighted by atomic mass is 10.2. The molecule has 1 aliphatic heterocycles. The van der Waals surface area contributed by atoms with Crippen molar-refractivity contribution in [1.29, 1.82) is 0 Å². The Hall–Kier alpha value is -2.34. The van der Waals surface area contributed by atoms with E-state index in [-0.39, 0.29) is 0 Å². The number of rotatable bonds is 4. The number of piperazine rings is 1. The summed E-state index contributed by atoms with van der Waals surface area (Å²) in [6, 6.07) is 10.2. The highest BCUT2D eigenvalue weighted by molar-refractivity contribution is 5.75. The van der Waals surface area contributed by atoms with Gasteiger partial charge in [-0.1, -0.05) is 30.3 Å². The third-order valence-electron chi connectivity index (χ3n) is 3.97. The van der Waals surface area contributed by atoms with Crippen molar-refractivity contribution in [3.05, 3.63) is 42.2 Å². The summed E-state index contributed by atoms with van der Waals surface area (Å²) in [5, 5.41) is 3.30. The largest absolute Gasteiger partial charge is 0.393 e. The maximum Gasteiger partial charge on any atom is 0.157 e. The first kappa shape index (κ1) is 14.6. The number of nitrogen functional groups attached to an aromatic ring is 1. The Bertz CT molecular complexity index is 607. The van der Waals surface area contributed by atoms with Gasteiger partial charge in [0.1, 0.15) is 12.0 Å². The molecule has 1 aliphatic rings. The van der Waals surface area contributed by atoms with Crippen LogP contribution in [0.15, 0.2) is 36.7 Å². The van der Waals surface area contributed by atoms with Crippen molar-refractivity contribution in [3.8, 4) is 0 Å². The van der Waals surface area contributed by atoms with Gasteiger partial charge in [-0.25, -0.2) is 9.97 Å². The predicted octanol–water partition coefficient (Wildman–Crippen LogP) is 1.42. The van der Waals surface area contributed by atoms with Crippen LogP contribution in [0.1, 0.15) is 5.56 Å². The fourth-order valence-electron chi connectivity index (χ4n) is 2.58. The SMILES string of the molecule is CN1CCN(c2ncnc(NCc3ccccc3)c2N)CC1. The first-order chi connectivity index (χ1) is 10.7. The molecule has 0 spiro atoms. The van der Waals surface area contributed by atoms with E-state index in [1.54, 1.807) is 6.33 Å². The second-order valence-corrected chi connectivity index (χ2v) is 5.59. The minimum absolute atomic E-state index is 0.628. The molecule has 116 valence electrons. The number of hydrogen-bond acceptors (Lipinski definition) is 6. The van der Waals surface area contributed by atoms with Crippen molar-refractivity contribution >= 4 is 17.3 Å². The van der Waals surface area contributed by atoms with Crippen molar-refractivity contribution in [2.24, 2.45) is 0 Å². The number of likely N-dealkylation sites (N-methyl/N-ethyl adjacent to an activating group) is 1. The van der Waals surface area contributed by atoms with Gasteiger partial charge in [0, 0.05) is 32.7 Å². The monoisotopic (exact) mass is 298 g/mol. The van der Waals surface area contributed by atoms with Crippen LogP contribution >= 0.6 is 0 Å². The van der Waals surface area contributed by atoms with Gasteiger partial charge < -0.3 is 20.9 Å². The molecule has 0 bridgehead atoms. The van der Waals surface area contributed by atoms with E-state index in [2.05, 4.69) is 44.3 Å². The number of nitrogens with one attached hydrogen (secondary N) is 1. The van der Waals surface area contributed by atoms with E-state index in [4.69, 9.17) is 5.73 Å². The second kappa shape index (κ2) is 6.62. The summed E-state index contributed by atoms with van der Waals surface area (Å²) in [5.74, 6) is 1.53. The molecule has 0 radical (unpaired) electrons. The molecule has 1 saturated heterocycles. The van der Waals surface area contributed by atoms with Crippen molar-refractivity contribution in [3.63, 3.8) is 0 Å². The smallest absolute Gasteiger partial charge is 0.157 e. The number of nitrogens with zero attached hydrogens (tertiary/aromatic N) is 4. The Morgan fingerprint density at radius 2 is 1.82 bits per heavy atom. The van der Waals surface area contributed by atoms with E-state index >= 15 is 0 Å². The normalized spacial score (nSPS) is 15.8. The number of nitrogens with two attached hydrogens (primary N) is 1. The van der Waals surface area contributed by atoms with Gasteiger partial charge in [0.15, 0.2) is 11.6 Å². The standard InChI is InChI=1S/C16H22N6/c1-21-7-9-22(10-8-21)16-14(17)15(19-12-20-16)18-11-13-5-3-2-4-6-13/h2-6,12H,7-11,17H2,1H3,(H,18,19,20). The minimum Gasteiger partial charge on any atom is -0.393 e. The van der Waals surface area contributed by atoms with E-state index in [0.29, 0.717) is 18.1 Å². The van der Waals surface area contributed by atoms with Crippen LogP contribution in [-0.4, -0.2) is 48.1 Å². The van der Waals surface area contributed by atoms with Gasteiger partial charge in [-0.2, -0.15) is 0 Å². The summed E-state index contributed by atoms with van der Waals surface area (Å²) in [5.41, 5.74) is 8.09. The Kier molecular flexibility index (Phi) is 4.39. The topological polar surface area (TPSA) is 70.3 Å². The molecule has 1 aromatic carbocycles. The molecule has 1 aromatic heterocycles. The van der Waals surface area contributed by atoms with Gasteiger partial charge in [0.05, 0.1) is 0 Å². The molecule has 1 fully saturated rings. The van der Waals surface area contributed by atoms with Gasteiger partial charge >= 0.3 is 0 Å². The van der Waals surface area contributed by atoms with Gasteiger partial charge in [-0.3, -0.25) is 0 Å². The summed E-state index contributed by atoms with van der Waals surface area (Å²) in [4.78, 5) is 13.2. The number of benzene rings is 1. The van der Waals surface area contributed by atoms with Crippen LogP contribution in [0.25, 0.3) is 0 Å². The molecule has 6 nitrogen and oxygen atoms in total.